The monoisotopic (exact) mass is 276 g/mol. The first-order valence-electron chi connectivity index (χ1n) is 6.65. The van der Waals surface area contributed by atoms with Crippen LogP contribution in [0.4, 0.5) is 0 Å². The first kappa shape index (κ1) is 14.5. The molecule has 20 heavy (non-hydrogen) atoms. The Labute approximate surface area is 118 Å². The number of nitrogens with zero attached hydrogens (tertiary/aromatic N) is 1. The average molecular weight is 276 g/mol. The quantitative estimate of drug-likeness (QED) is 0.845. The molecule has 1 fully saturated rings. The lowest BCUT2D eigenvalue weighted by Crippen LogP contribution is -2.38. The molecule has 0 bridgehead atoms. The molecule has 0 saturated carbocycles. The topological polar surface area (TPSA) is 58.6 Å². The average Bonchev–Trinajstić information content (AvgIpc) is 2.66. The molecule has 1 aromatic carbocycles. The number of benzene rings is 1. The van der Waals surface area contributed by atoms with E-state index >= 15 is 0 Å². The standard InChI is InChI=1S/C15H20N2O3/c1-9-5-6-11(13(7-9)20-4)10(2)16-12-8-14(18)17(3)15(12)19/h5-7,10,12,16H,8H2,1-4H3. The minimum atomic E-state index is -0.450. The number of likely N-dealkylation sites (tertiary alicyclic amines) is 1. The summed E-state index contributed by atoms with van der Waals surface area (Å²) < 4.78 is 5.38. The summed E-state index contributed by atoms with van der Waals surface area (Å²) in [5.74, 6) is 0.471. The van der Waals surface area contributed by atoms with Gasteiger partial charge < -0.3 is 4.74 Å². The smallest absolute Gasteiger partial charge is 0.246 e. The maximum atomic E-state index is 11.9. The highest BCUT2D eigenvalue weighted by Gasteiger charge is 2.36. The summed E-state index contributed by atoms with van der Waals surface area (Å²) in [6.07, 6.45) is 0.216. The number of nitrogens with one attached hydrogen (secondary N) is 1. The zero-order chi connectivity index (χ0) is 14.9. The SMILES string of the molecule is COc1cc(C)ccc1C(C)NC1CC(=O)N(C)C1=O. The van der Waals surface area contributed by atoms with E-state index in [9.17, 15) is 9.59 Å². The van der Waals surface area contributed by atoms with Gasteiger partial charge in [0, 0.05) is 18.7 Å². The molecular weight excluding hydrogens is 256 g/mol. The molecule has 2 rings (SSSR count). The van der Waals surface area contributed by atoms with Gasteiger partial charge in [0.15, 0.2) is 0 Å². The van der Waals surface area contributed by atoms with Crippen molar-refractivity contribution in [1.29, 1.82) is 0 Å². The van der Waals surface area contributed by atoms with Gasteiger partial charge in [-0.05, 0) is 25.5 Å². The van der Waals surface area contributed by atoms with Crippen molar-refractivity contribution in [1.82, 2.24) is 10.2 Å². The molecule has 1 heterocycles. The second-order valence-electron chi connectivity index (χ2n) is 5.18. The van der Waals surface area contributed by atoms with Crippen LogP contribution in [-0.2, 0) is 9.59 Å². The number of rotatable bonds is 4. The molecule has 0 aliphatic carbocycles. The fourth-order valence-corrected chi connectivity index (χ4v) is 2.45. The molecule has 0 aromatic heterocycles. The summed E-state index contributed by atoms with van der Waals surface area (Å²) >= 11 is 0. The van der Waals surface area contributed by atoms with Gasteiger partial charge in [0.2, 0.25) is 11.8 Å². The third-order valence-corrected chi connectivity index (χ3v) is 3.69. The van der Waals surface area contributed by atoms with Crippen LogP contribution in [0.3, 0.4) is 0 Å². The first-order valence-corrected chi connectivity index (χ1v) is 6.65. The Balaban J connectivity index is 2.15. The second-order valence-corrected chi connectivity index (χ2v) is 5.18. The van der Waals surface area contributed by atoms with Crippen molar-refractivity contribution in [2.75, 3.05) is 14.2 Å². The zero-order valence-corrected chi connectivity index (χ0v) is 12.3. The lowest BCUT2D eigenvalue weighted by atomic mass is 10.0. The summed E-state index contributed by atoms with van der Waals surface area (Å²) in [6.45, 7) is 3.96. The normalized spacial score (nSPS) is 20.4. The summed E-state index contributed by atoms with van der Waals surface area (Å²) in [4.78, 5) is 24.6. The molecule has 108 valence electrons. The minimum Gasteiger partial charge on any atom is -0.496 e. The van der Waals surface area contributed by atoms with Crippen LogP contribution in [0.15, 0.2) is 18.2 Å². The Morgan fingerprint density at radius 2 is 2.10 bits per heavy atom. The number of aryl methyl sites for hydroxylation is 1. The molecule has 1 aromatic rings. The van der Waals surface area contributed by atoms with Crippen molar-refractivity contribution in [3.8, 4) is 5.75 Å². The third-order valence-electron chi connectivity index (χ3n) is 3.69. The van der Waals surface area contributed by atoms with Crippen molar-refractivity contribution in [2.45, 2.75) is 32.4 Å². The Bertz CT molecular complexity index is 542. The van der Waals surface area contributed by atoms with E-state index < -0.39 is 6.04 Å². The van der Waals surface area contributed by atoms with Crippen molar-refractivity contribution in [3.05, 3.63) is 29.3 Å². The van der Waals surface area contributed by atoms with Crippen LogP contribution in [0.25, 0.3) is 0 Å². The van der Waals surface area contributed by atoms with Gasteiger partial charge >= 0.3 is 0 Å². The fourth-order valence-electron chi connectivity index (χ4n) is 2.45. The molecule has 2 atom stereocenters. The third kappa shape index (κ3) is 2.67. The summed E-state index contributed by atoms with van der Waals surface area (Å²) in [7, 11) is 3.15. The predicted molar refractivity (Wildman–Crippen MR) is 75.5 cm³/mol. The number of methoxy groups -OCH3 is 1. The number of hydrogen-bond acceptors (Lipinski definition) is 4. The summed E-state index contributed by atoms with van der Waals surface area (Å²) in [5.41, 5.74) is 2.09. The van der Waals surface area contributed by atoms with Crippen LogP contribution in [-0.4, -0.2) is 36.9 Å². The Morgan fingerprint density at radius 1 is 1.40 bits per heavy atom. The molecule has 2 unspecified atom stereocenters. The Morgan fingerprint density at radius 3 is 2.65 bits per heavy atom. The Hall–Kier alpha value is -1.88. The highest BCUT2D eigenvalue weighted by atomic mass is 16.5. The van der Waals surface area contributed by atoms with Crippen molar-refractivity contribution in [3.63, 3.8) is 0 Å². The van der Waals surface area contributed by atoms with E-state index in [0.717, 1.165) is 16.9 Å². The highest BCUT2D eigenvalue weighted by molar-refractivity contribution is 6.05. The molecule has 1 aliphatic heterocycles. The molecule has 5 heteroatoms. The van der Waals surface area contributed by atoms with Crippen LogP contribution >= 0.6 is 0 Å². The number of likely N-dealkylation sites (N-methyl/N-ethyl adjacent to an activating group) is 1. The minimum absolute atomic E-state index is 0.0706. The van der Waals surface area contributed by atoms with Gasteiger partial charge in [0.1, 0.15) is 5.75 Å². The van der Waals surface area contributed by atoms with Crippen LogP contribution in [0.5, 0.6) is 5.75 Å². The molecule has 1 aliphatic rings. The molecular formula is C15H20N2O3. The number of hydrogen-bond donors (Lipinski definition) is 1. The van der Waals surface area contributed by atoms with Gasteiger partial charge in [-0.1, -0.05) is 12.1 Å². The molecule has 0 spiro atoms. The van der Waals surface area contributed by atoms with Crippen molar-refractivity contribution in [2.24, 2.45) is 0 Å². The van der Waals surface area contributed by atoms with Crippen LogP contribution < -0.4 is 10.1 Å². The largest absolute Gasteiger partial charge is 0.496 e. The zero-order valence-electron chi connectivity index (χ0n) is 12.3. The van der Waals surface area contributed by atoms with Crippen LogP contribution in [0, 0.1) is 6.92 Å². The predicted octanol–water partition coefficient (Wildman–Crippen LogP) is 1.41. The van der Waals surface area contributed by atoms with Gasteiger partial charge in [-0.3, -0.25) is 19.8 Å². The van der Waals surface area contributed by atoms with Crippen LogP contribution in [0.2, 0.25) is 0 Å². The highest BCUT2D eigenvalue weighted by Crippen LogP contribution is 2.27. The van der Waals surface area contributed by atoms with Gasteiger partial charge in [-0.2, -0.15) is 0 Å². The molecule has 0 radical (unpaired) electrons. The van der Waals surface area contributed by atoms with Crippen molar-refractivity contribution < 1.29 is 14.3 Å². The maximum Gasteiger partial charge on any atom is 0.246 e. The fraction of sp³-hybridized carbons (Fsp3) is 0.467. The second kappa shape index (κ2) is 5.63. The van der Waals surface area contributed by atoms with E-state index in [2.05, 4.69) is 5.32 Å². The van der Waals surface area contributed by atoms with Crippen LogP contribution in [0.1, 0.15) is 30.5 Å². The van der Waals surface area contributed by atoms with E-state index in [1.54, 1.807) is 7.11 Å². The Kier molecular flexibility index (Phi) is 4.09. The summed E-state index contributed by atoms with van der Waals surface area (Å²) in [6, 6.07) is 5.43. The number of imide groups is 1. The number of carbonyl (C=O) groups excluding carboxylic acids is 2. The summed E-state index contributed by atoms with van der Waals surface area (Å²) in [5, 5.41) is 3.21. The van der Waals surface area contributed by atoms with Crippen molar-refractivity contribution >= 4 is 11.8 Å². The molecule has 5 nitrogen and oxygen atoms in total. The number of carbonyl (C=O) groups is 2. The van der Waals surface area contributed by atoms with Gasteiger partial charge in [-0.15, -0.1) is 0 Å². The van der Waals surface area contributed by atoms with Gasteiger partial charge in [0.05, 0.1) is 19.6 Å². The first-order chi connectivity index (χ1) is 9.43. The lowest BCUT2D eigenvalue weighted by Gasteiger charge is -2.20. The number of ether oxygens (including phenoxy) is 1. The molecule has 1 N–H and O–H groups in total. The van der Waals surface area contributed by atoms with E-state index in [-0.39, 0.29) is 24.3 Å². The number of amides is 2. The van der Waals surface area contributed by atoms with Gasteiger partial charge in [-0.25, -0.2) is 0 Å². The van der Waals surface area contributed by atoms with E-state index in [1.807, 2.05) is 32.0 Å². The molecule has 2 amide bonds. The maximum absolute atomic E-state index is 11.9. The van der Waals surface area contributed by atoms with E-state index in [4.69, 9.17) is 4.74 Å². The van der Waals surface area contributed by atoms with E-state index in [0.29, 0.717) is 0 Å². The van der Waals surface area contributed by atoms with E-state index in [1.165, 1.54) is 11.9 Å². The van der Waals surface area contributed by atoms with Gasteiger partial charge in [0.25, 0.3) is 0 Å². The lowest BCUT2D eigenvalue weighted by molar-refractivity contribution is -0.137. The molecule has 1 saturated heterocycles.